The van der Waals surface area contributed by atoms with Crippen LogP contribution in [0.15, 0.2) is 36.4 Å². The molecule has 130 valence electrons. The summed E-state index contributed by atoms with van der Waals surface area (Å²) in [5.74, 6) is 0.681. The quantitative estimate of drug-likeness (QED) is 0.667. The van der Waals surface area contributed by atoms with Gasteiger partial charge in [0, 0.05) is 12.0 Å². The normalized spacial score (nSPS) is 11.7. The molecule has 4 nitrogen and oxygen atoms in total. The van der Waals surface area contributed by atoms with Crippen molar-refractivity contribution >= 4 is 29.2 Å². The topological polar surface area (TPSA) is 67.6 Å². The number of halogens is 5. The van der Waals surface area contributed by atoms with Gasteiger partial charge < -0.3 is 5.73 Å². The highest BCUT2D eigenvalue weighted by molar-refractivity contribution is 6.39. The third-order valence-corrected chi connectivity index (χ3v) is 4.12. The zero-order valence-corrected chi connectivity index (χ0v) is 14.0. The Morgan fingerprint density at radius 3 is 2.12 bits per heavy atom. The van der Waals surface area contributed by atoms with E-state index in [4.69, 9.17) is 28.9 Å². The van der Waals surface area contributed by atoms with E-state index in [2.05, 4.69) is 15.2 Å². The Morgan fingerprint density at radius 1 is 1.04 bits per heavy atom. The summed E-state index contributed by atoms with van der Waals surface area (Å²) in [5, 5.41) is 7.07. The number of nitrogen functional groups attached to an aromatic ring is 1. The summed E-state index contributed by atoms with van der Waals surface area (Å²) in [7, 11) is 0. The van der Waals surface area contributed by atoms with Crippen LogP contribution in [0, 0.1) is 0 Å². The van der Waals surface area contributed by atoms with Crippen LogP contribution in [0.3, 0.4) is 0 Å². The molecule has 0 atom stereocenters. The Morgan fingerprint density at radius 2 is 1.64 bits per heavy atom. The second-order valence-corrected chi connectivity index (χ2v) is 6.14. The molecule has 2 aromatic carbocycles. The summed E-state index contributed by atoms with van der Waals surface area (Å²) in [6.07, 6.45) is -4.01. The van der Waals surface area contributed by atoms with Crippen LogP contribution in [-0.4, -0.2) is 15.2 Å². The van der Waals surface area contributed by atoms with Crippen LogP contribution in [0.2, 0.25) is 10.0 Å². The van der Waals surface area contributed by atoms with Gasteiger partial charge in [0.05, 0.1) is 15.6 Å². The van der Waals surface area contributed by atoms with Crippen molar-refractivity contribution in [3.63, 3.8) is 0 Å². The summed E-state index contributed by atoms with van der Waals surface area (Å²) in [6, 6.07) is 8.03. The molecule has 0 spiro atoms. The van der Waals surface area contributed by atoms with Crippen molar-refractivity contribution in [1.29, 1.82) is 0 Å². The number of nitrogens with one attached hydrogen (secondary N) is 1. The predicted molar refractivity (Wildman–Crippen MR) is 90.5 cm³/mol. The van der Waals surface area contributed by atoms with E-state index < -0.39 is 11.7 Å². The van der Waals surface area contributed by atoms with E-state index in [1.807, 2.05) is 0 Å². The van der Waals surface area contributed by atoms with Crippen molar-refractivity contribution in [2.24, 2.45) is 0 Å². The molecule has 9 heteroatoms. The summed E-state index contributed by atoms with van der Waals surface area (Å²) in [6.45, 7) is 0. The van der Waals surface area contributed by atoms with E-state index >= 15 is 0 Å². The van der Waals surface area contributed by atoms with Gasteiger partial charge in [0.1, 0.15) is 5.82 Å². The standard InChI is InChI=1S/C16H11Cl2F3N4/c17-11-5-8(7-13-23-15(22)25-24-13)6-12(18)14(11)9-1-3-10(4-2-9)16(19,20)21/h1-6H,7H2,(H3,22,23,24,25). The summed E-state index contributed by atoms with van der Waals surface area (Å²) in [5.41, 5.74) is 6.45. The highest BCUT2D eigenvalue weighted by Crippen LogP contribution is 2.38. The number of alkyl halides is 3. The second kappa shape index (κ2) is 6.57. The Kier molecular flexibility index (Phi) is 4.62. The van der Waals surface area contributed by atoms with Crippen molar-refractivity contribution in [3.8, 4) is 11.1 Å². The van der Waals surface area contributed by atoms with Gasteiger partial charge in [-0.15, -0.1) is 5.10 Å². The highest BCUT2D eigenvalue weighted by atomic mass is 35.5. The molecule has 25 heavy (non-hydrogen) atoms. The molecular formula is C16H11Cl2F3N4. The van der Waals surface area contributed by atoms with E-state index in [0.717, 1.165) is 17.7 Å². The number of aromatic amines is 1. The Labute approximate surface area is 150 Å². The van der Waals surface area contributed by atoms with E-state index in [9.17, 15) is 13.2 Å². The van der Waals surface area contributed by atoms with Gasteiger partial charge in [-0.2, -0.15) is 18.2 Å². The molecule has 0 radical (unpaired) electrons. The third kappa shape index (κ3) is 3.88. The smallest absolute Gasteiger partial charge is 0.367 e. The Balaban J connectivity index is 1.92. The fourth-order valence-electron chi connectivity index (χ4n) is 2.41. The van der Waals surface area contributed by atoms with Crippen LogP contribution in [0.4, 0.5) is 19.1 Å². The molecule has 3 aromatic rings. The first-order valence-electron chi connectivity index (χ1n) is 7.06. The molecule has 0 saturated carbocycles. The number of hydrogen-bond donors (Lipinski definition) is 2. The van der Waals surface area contributed by atoms with Gasteiger partial charge in [-0.3, -0.25) is 5.10 Å². The minimum absolute atomic E-state index is 0.133. The second-order valence-electron chi connectivity index (χ2n) is 5.33. The van der Waals surface area contributed by atoms with E-state index in [0.29, 0.717) is 33.4 Å². The third-order valence-electron chi connectivity index (χ3n) is 3.52. The minimum Gasteiger partial charge on any atom is -0.367 e. The van der Waals surface area contributed by atoms with Gasteiger partial charge in [0.2, 0.25) is 5.95 Å². The fourth-order valence-corrected chi connectivity index (χ4v) is 3.16. The van der Waals surface area contributed by atoms with Gasteiger partial charge in [0.25, 0.3) is 0 Å². The van der Waals surface area contributed by atoms with Crippen LogP contribution < -0.4 is 5.73 Å². The van der Waals surface area contributed by atoms with Crippen LogP contribution in [0.25, 0.3) is 11.1 Å². The monoisotopic (exact) mass is 386 g/mol. The van der Waals surface area contributed by atoms with Crippen LogP contribution >= 0.6 is 23.2 Å². The minimum atomic E-state index is -4.39. The van der Waals surface area contributed by atoms with Crippen LogP contribution in [-0.2, 0) is 12.6 Å². The number of hydrogen-bond acceptors (Lipinski definition) is 3. The SMILES string of the molecule is Nc1n[nH]c(Cc2cc(Cl)c(-c3ccc(C(F)(F)F)cc3)c(Cl)c2)n1. The lowest BCUT2D eigenvalue weighted by Gasteiger charge is -2.12. The van der Waals surface area contributed by atoms with Gasteiger partial charge >= 0.3 is 6.18 Å². The van der Waals surface area contributed by atoms with Gasteiger partial charge in [-0.25, -0.2) is 0 Å². The van der Waals surface area contributed by atoms with Crippen LogP contribution in [0.1, 0.15) is 17.0 Å². The molecule has 0 fully saturated rings. The predicted octanol–water partition coefficient (Wildman–Crippen LogP) is 4.97. The molecule has 3 N–H and O–H groups in total. The lowest BCUT2D eigenvalue weighted by atomic mass is 10.0. The van der Waals surface area contributed by atoms with Gasteiger partial charge in [-0.05, 0) is 35.4 Å². The molecule has 0 aliphatic rings. The summed E-state index contributed by atoms with van der Waals surface area (Å²) < 4.78 is 38.0. The lowest BCUT2D eigenvalue weighted by molar-refractivity contribution is -0.137. The Bertz CT molecular complexity index is 881. The van der Waals surface area contributed by atoms with E-state index in [1.54, 1.807) is 12.1 Å². The maximum absolute atomic E-state index is 12.7. The molecule has 0 saturated heterocycles. The molecule has 0 bridgehead atoms. The number of aromatic nitrogens is 3. The molecule has 0 amide bonds. The van der Waals surface area contributed by atoms with Crippen molar-refractivity contribution in [3.05, 3.63) is 63.4 Å². The number of nitrogens with zero attached hydrogens (tertiary/aromatic N) is 2. The molecule has 0 aliphatic heterocycles. The van der Waals surface area contributed by atoms with Crippen molar-refractivity contribution < 1.29 is 13.2 Å². The summed E-state index contributed by atoms with van der Waals surface area (Å²) in [4.78, 5) is 4.00. The largest absolute Gasteiger partial charge is 0.416 e. The molecular weight excluding hydrogens is 376 g/mol. The average Bonchev–Trinajstić information content (AvgIpc) is 2.91. The first-order chi connectivity index (χ1) is 11.7. The van der Waals surface area contributed by atoms with Crippen molar-refractivity contribution in [1.82, 2.24) is 15.2 Å². The van der Waals surface area contributed by atoms with Crippen molar-refractivity contribution in [2.75, 3.05) is 5.73 Å². The Hall–Kier alpha value is -2.25. The number of anilines is 1. The average molecular weight is 387 g/mol. The zero-order chi connectivity index (χ0) is 18.2. The summed E-state index contributed by atoms with van der Waals surface area (Å²) >= 11 is 12.6. The zero-order valence-electron chi connectivity index (χ0n) is 12.5. The first kappa shape index (κ1) is 17.6. The van der Waals surface area contributed by atoms with Gasteiger partial charge in [0.15, 0.2) is 0 Å². The molecule has 3 rings (SSSR count). The fraction of sp³-hybridized carbons (Fsp3) is 0.125. The maximum Gasteiger partial charge on any atom is 0.416 e. The number of H-pyrrole nitrogens is 1. The van der Waals surface area contributed by atoms with Gasteiger partial charge in [-0.1, -0.05) is 35.3 Å². The van der Waals surface area contributed by atoms with Crippen molar-refractivity contribution in [2.45, 2.75) is 12.6 Å². The molecule has 0 unspecified atom stereocenters. The highest BCUT2D eigenvalue weighted by Gasteiger charge is 2.30. The van der Waals surface area contributed by atoms with Crippen LogP contribution in [0.5, 0.6) is 0 Å². The number of benzene rings is 2. The maximum atomic E-state index is 12.7. The molecule has 0 aliphatic carbocycles. The number of nitrogens with two attached hydrogens (primary N) is 1. The van der Waals surface area contributed by atoms with E-state index in [1.165, 1.54) is 12.1 Å². The number of rotatable bonds is 3. The molecule has 1 heterocycles. The van der Waals surface area contributed by atoms with E-state index in [-0.39, 0.29) is 5.95 Å². The first-order valence-corrected chi connectivity index (χ1v) is 7.82. The lowest BCUT2D eigenvalue weighted by Crippen LogP contribution is -2.04. The molecule has 1 aromatic heterocycles.